The second-order valence-electron chi connectivity index (χ2n) is 6.41. The molecule has 0 spiro atoms. The Morgan fingerprint density at radius 1 is 1.42 bits per heavy atom. The lowest BCUT2D eigenvalue weighted by Crippen LogP contribution is -2.43. The quantitative estimate of drug-likeness (QED) is 0.755. The van der Waals surface area contributed by atoms with Crippen molar-refractivity contribution >= 4 is 23.4 Å². The molecule has 2 aromatic rings. The number of pyridine rings is 1. The van der Waals surface area contributed by atoms with Crippen molar-refractivity contribution in [2.24, 2.45) is 0 Å². The summed E-state index contributed by atoms with van der Waals surface area (Å²) in [6.45, 7) is 3.65. The zero-order chi connectivity index (χ0) is 18.6. The minimum atomic E-state index is -0.447. The fraction of sp³-hybridized carbons (Fsp3) is 0.368. The van der Waals surface area contributed by atoms with Gasteiger partial charge in [0.1, 0.15) is 11.6 Å². The van der Waals surface area contributed by atoms with E-state index in [1.807, 2.05) is 0 Å². The van der Waals surface area contributed by atoms with Crippen LogP contribution < -0.4 is 10.6 Å². The summed E-state index contributed by atoms with van der Waals surface area (Å²) < 4.78 is 18.1. The van der Waals surface area contributed by atoms with Gasteiger partial charge in [-0.15, -0.1) is 0 Å². The smallest absolute Gasteiger partial charge is 0.339 e. The molecule has 1 aliphatic heterocycles. The molecule has 0 bridgehead atoms. The molecule has 1 atom stereocenters. The molecule has 0 unspecified atom stereocenters. The molecule has 1 aromatic heterocycles. The molecule has 1 fully saturated rings. The number of benzene rings is 1. The van der Waals surface area contributed by atoms with Crippen LogP contribution in [0.3, 0.4) is 0 Å². The van der Waals surface area contributed by atoms with Crippen LogP contribution in [0.4, 0.5) is 10.2 Å². The Labute approximate surface area is 156 Å². The van der Waals surface area contributed by atoms with E-state index < -0.39 is 5.97 Å². The monoisotopic (exact) mass is 377 g/mol. The molecule has 1 aromatic carbocycles. The minimum absolute atomic E-state index is 0.250. The molecule has 5 nitrogen and oxygen atoms in total. The van der Waals surface area contributed by atoms with E-state index in [0.29, 0.717) is 29.4 Å². The van der Waals surface area contributed by atoms with Crippen LogP contribution in [0, 0.1) is 5.82 Å². The third-order valence-corrected chi connectivity index (χ3v) is 4.72. The zero-order valence-electron chi connectivity index (χ0n) is 14.5. The highest BCUT2D eigenvalue weighted by Crippen LogP contribution is 2.29. The first-order valence-corrected chi connectivity index (χ1v) is 8.95. The highest BCUT2D eigenvalue weighted by Gasteiger charge is 2.35. The van der Waals surface area contributed by atoms with Crippen LogP contribution in [0.5, 0.6) is 0 Å². The van der Waals surface area contributed by atoms with E-state index in [1.54, 1.807) is 25.1 Å². The van der Waals surface area contributed by atoms with Crippen molar-refractivity contribution in [3.05, 3.63) is 58.5 Å². The lowest BCUT2D eigenvalue weighted by molar-refractivity contribution is 0.0526. The third-order valence-electron chi connectivity index (χ3n) is 4.44. The summed E-state index contributed by atoms with van der Waals surface area (Å²) in [5.74, 6) is -0.179. The first kappa shape index (κ1) is 18.6. The summed E-state index contributed by atoms with van der Waals surface area (Å²) in [5, 5.41) is 7.14. The largest absolute Gasteiger partial charge is 0.462 e. The summed E-state index contributed by atoms with van der Waals surface area (Å²) in [5.41, 5.74) is 1.07. The van der Waals surface area contributed by atoms with Crippen molar-refractivity contribution in [2.45, 2.75) is 25.3 Å². The average molecular weight is 378 g/mol. The number of nitrogens with zero attached hydrogens (tertiary/aromatic N) is 1. The number of nitrogens with one attached hydrogen (secondary N) is 2. The first-order valence-electron chi connectivity index (χ1n) is 8.57. The molecule has 3 rings (SSSR count). The van der Waals surface area contributed by atoms with Crippen molar-refractivity contribution in [1.82, 2.24) is 10.3 Å². The maximum atomic E-state index is 13.2. The van der Waals surface area contributed by atoms with Crippen LogP contribution in [0.1, 0.15) is 29.3 Å². The Morgan fingerprint density at radius 3 is 2.81 bits per heavy atom. The van der Waals surface area contributed by atoms with E-state index in [9.17, 15) is 9.18 Å². The van der Waals surface area contributed by atoms with Gasteiger partial charge in [0.2, 0.25) is 0 Å². The molecule has 1 aliphatic rings. The number of hydrogen-bond acceptors (Lipinski definition) is 5. The van der Waals surface area contributed by atoms with Crippen LogP contribution in [0.15, 0.2) is 36.5 Å². The van der Waals surface area contributed by atoms with E-state index in [1.165, 1.54) is 18.3 Å². The van der Waals surface area contributed by atoms with Crippen LogP contribution >= 0.6 is 11.6 Å². The summed E-state index contributed by atoms with van der Waals surface area (Å²) in [6.07, 6.45) is 3.04. The molecule has 7 heteroatoms. The van der Waals surface area contributed by atoms with Gasteiger partial charge >= 0.3 is 5.97 Å². The molecule has 26 heavy (non-hydrogen) atoms. The Hall–Kier alpha value is -2.18. The van der Waals surface area contributed by atoms with E-state index in [4.69, 9.17) is 16.3 Å². The predicted octanol–water partition coefficient (Wildman–Crippen LogP) is 3.44. The van der Waals surface area contributed by atoms with Gasteiger partial charge in [-0.3, -0.25) is 0 Å². The average Bonchev–Trinajstić information content (AvgIpc) is 3.07. The van der Waals surface area contributed by atoms with E-state index in [2.05, 4.69) is 15.6 Å². The fourth-order valence-electron chi connectivity index (χ4n) is 3.15. The van der Waals surface area contributed by atoms with Gasteiger partial charge in [0.25, 0.3) is 0 Å². The predicted molar refractivity (Wildman–Crippen MR) is 99.1 cm³/mol. The van der Waals surface area contributed by atoms with E-state index >= 15 is 0 Å². The summed E-state index contributed by atoms with van der Waals surface area (Å²) in [6, 6.07) is 8.06. The molecule has 138 valence electrons. The Morgan fingerprint density at radius 2 is 2.19 bits per heavy atom. The summed E-state index contributed by atoms with van der Waals surface area (Å²) in [4.78, 5) is 16.1. The minimum Gasteiger partial charge on any atom is -0.462 e. The van der Waals surface area contributed by atoms with Gasteiger partial charge in [-0.2, -0.15) is 0 Å². The SMILES string of the molecule is CCOC(=O)c1cnc(N[C@]2(Cc3ccc(F)cc3)CCNC2)c(Cl)c1. The normalized spacial score (nSPS) is 19.3. The number of ether oxygens (including phenoxy) is 1. The lowest BCUT2D eigenvalue weighted by atomic mass is 9.89. The van der Waals surface area contributed by atoms with Crippen molar-refractivity contribution < 1.29 is 13.9 Å². The number of esters is 1. The van der Waals surface area contributed by atoms with Gasteiger partial charge < -0.3 is 15.4 Å². The first-order chi connectivity index (χ1) is 12.5. The number of anilines is 1. The standard InChI is InChI=1S/C19H21ClFN3O2/c1-2-26-18(25)14-9-16(20)17(23-11-14)24-19(7-8-22-12-19)10-13-3-5-15(21)6-4-13/h3-6,9,11,22H,2,7-8,10,12H2,1H3,(H,23,24)/t19-/m0/s1. The number of carbonyl (C=O) groups is 1. The van der Waals surface area contributed by atoms with Crippen molar-refractivity contribution in [2.75, 3.05) is 25.0 Å². The number of halogens is 2. The second-order valence-corrected chi connectivity index (χ2v) is 6.82. The van der Waals surface area contributed by atoms with Crippen molar-refractivity contribution in [3.63, 3.8) is 0 Å². The summed E-state index contributed by atoms with van der Waals surface area (Å²) >= 11 is 6.34. The van der Waals surface area contributed by atoms with Crippen LogP contribution in [-0.2, 0) is 11.2 Å². The maximum absolute atomic E-state index is 13.2. The molecule has 0 radical (unpaired) electrons. The molecular formula is C19H21ClFN3O2. The van der Waals surface area contributed by atoms with Gasteiger partial charge in [0.05, 0.1) is 22.7 Å². The molecule has 0 amide bonds. The summed E-state index contributed by atoms with van der Waals surface area (Å²) in [7, 11) is 0. The highest BCUT2D eigenvalue weighted by atomic mass is 35.5. The van der Waals surface area contributed by atoms with Gasteiger partial charge in [0.15, 0.2) is 0 Å². The lowest BCUT2D eigenvalue weighted by Gasteiger charge is -2.31. The molecule has 1 saturated heterocycles. The van der Waals surface area contributed by atoms with Crippen LogP contribution in [0.2, 0.25) is 5.02 Å². The topological polar surface area (TPSA) is 63.2 Å². The van der Waals surface area contributed by atoms with Gasteiger partial charge in [-0.1, -0.05) is 23.7 Å². The Kier molecular flexibility index (Phi) is 5.74. The number of hydrogen-bond donors (Lipinski definition) is 2. The zero-order valence-corrected chi connectivity index (χ0v) is 15.3. The van der Waals surface area contributed by atoms with Crippen LogP contribution in [-0.4, -0.2) is 36.2 Å². The van der Waals surface area contributed by atoms with E-state index in [-0.39, 0.29) is 11.4 Å². The van der Waals surface area contributed by atoms with Gasteiger partial charge in [-0.25, -0.2) is 14.2 Å². The number of carbonyl (C=O) groups excluding carboxylic acids is 1. The molecule has 0 saturated carbocycles. The van der Waals surface area contributed by atoms with Crippen LogP contribution in [0.25, 0.3) is 0 Å². The Balaban J connectivity index is 1.79. The maximum Gasteiger partial charge on any atom is 0.339 e. The second kappa shape index (κ2) is 8.01. The third kappa shape index (κ3) is 4.31. The van der Waals surface area contributed by atoms with Gasteiger partial charge in [-0.05, 0) is 50.1 Å². The fourth-order valence-corrected chi connectivity index (χ4v) is 3.36. The highest BCUT2D eigenvalue weighted by molar-refractivity contribution is 6.33. The molecular weight excluding hydrogens is 357 g/mol. The van der Waals surface area contributed by atoms with Crippen molar-refractivity contribution in [3.8, 4) is 0 Å². The number of rotatable bonds is 6. The molecule has 2 N–H and O–H groups in total. The molecule has 2 heterocycles. The van der Waals surface area contributed by atoms with Crippen molar-refractivity contribution in [1.29, 1.82) is 0 Å². The Bertz CT molecular complexity index is 777. The van der Waals surface area contributed by atoms with E-state index in [0.717, 1.165) is 25.1 Å². The molecule has 0 aliphatic carbocycles. The van der Waals surface area contributed by atoms with Gasteiger partial charge in [0, 0.05) is 12.7 Å². The number of aromatic nitrogens is 1.